The van der Waals surface area contributed by atoms with E-state index in [0.717, 1.165) is 16.8 Å². The van der Waals surface area contributed by atoms with Crippen molar-refractivity contribution >= 4 is 51.4 Å². The number of hydrogen-bond donors (Lipinski definition) is 1. The van der Waals surface area contributed by atoms with E-state index in [0.29, 0.717) is 10.4 Å². The molecule has 1 heterocycles. The standard InChI is InChI=1S/C13H13ClN4O3S2/c1-3-7(2)22-13-17-16-12(23-13)15-11(19)8-4-5-9(14)10(6-8)18(20)21/h4-7H,3H2,1-2H3,(H,15,16,19). The molecule has 0 spiro atoms. The fourth-order valence-electron chi connectivity index (χ4n) is 1.53. The first-order chi connectivity index (χ1) is 10.9. The molecular weight excluding hydrogens is 360 g/mol. The first-order valence-corrected chi connectivity index (χ1v) is 8.73. The molecule has 0 saturated heterocycles. The fourth-order valence-corrected chi connectivity index (χ4v) is 3.71. The summed E-state index contributed by atoms with van der Waals surface area (Å²) in [5, 5.41) is 22.1. The fraction of sp³-hybridized carbons (Fsp3) is 0.308. The second-order valence-corrected chi connectivity index (χ2v) is 7.66. The van der Waals surface area contributed by atoms with Crippen molar-refractivity contribution in [2.75, 3.05) is 5.32 Å². The van der Waals surface area contributed by atoms with Crippen LogP contribution in [0.4, 0.5) is 10.8 Å². The van der Waals surface area contributed by atoms with Gasteiger partial charge in [0.15, 0.2) is 4.34 Å². The van der Waals surface area contributed by atoms with Crippen LogP contribution >= 0.6 is 34.7 Å². The molecule has 7 nitrogen and oxygen atoms in total. The number of aromatic nitrogens is 2. The van der Waals surface area contributed by atoms with E-state index in [1.807, 2.05) is 0 Å². The minimum absolute atomic E-state index is 0.0188. The number of nitrogens with zero attached hydrogens (tertiary/aromatic N) is 3. The molecule has 1 atom stereocenters. The van der Waals surface area contributed by atoms with Crippen LogP contribution in [-0.4, -0.2) is 26.3 Å². The summed E-state index contributed by atoms with van der Waals surface area (Å²) in [5.41, 5.74) is -0.183. The van der Waals surface area contributed by atoms with E-state index in [2.05, 4.69) is 29.4 Å². The van der Waals surface area contributed by atoms with Gasteiger partial charge in [-0.25, -0.2) is 0 Å². The lowest BCUT2D eigenvalue weighted by Gasteiger charge is -2.03. The molecule has 0 saturated carbocycles. The van der Waals surface area contributed by atoms with Gasteiger partial charge in [0.25, 0.3) is 11.6 Å². The first-order valence-electron chi connectivity index (χ1n) is 6.66. The van der Waals surface area contributed by atoms with Crippen molar-refractivity contribution in [3.05, 3.63) is 38.9 Å². The van der Waals surface area contributed by atoms with Gasteiger partial charge in [0.1, 0.15) is 5.02 Å². The first kappa shape index (κ1) is 17.6. The number of amides is 1. The molecule has 1 unspecified atom stereocenters. The topological polar surface area (TPSA) is 98.0 Å². The normalized spacial score (nSPS) is 12.0. The molecule has 0 aliphatic carbocycles. The summed E-state index contributed by atoms with van der Waals surface area (Å²) < 4.78 is 0.761. The third kappa shape index (κ3) is 4.63. The maximum atomic E-state index is 12.1. The van der Waals surface area contributed by atoms with E-state index in [-0.39, 0.29) is 16.3 Å². The Kier molecular flexibility index (Phi) is 5.91. The summed E-state index contributed by atoms with van der Waals surface area (Å²) in [6, 6.07) is 3.87. The van der Waals surface area contributed by atoms with Gasteiger partial charge in [-0.05, 0) is 18.6 Å². The summed E-state index contributed by atoms with van der Waals surface area (Å²) in [4.78, 5) is 22.4. The van der Waals surface area contributed by atoms with Gasteiger partial charge in [-0.3, -0.25) is 20.2 Å². The van der Waals surface area contributed by atoms with Crippen molar-refractivity contribution in [1.29, 1.82) is 0 Å². The summed E-state index contributed by atoms with van der Waals surface area (Å²) in [7, 11) is 0. The molecule has 0 fully saturated rings. The minimum atomic E-state index is -0.634. The summed E-state index contributed by atoms with van der Waals surface area (Å²) in [6.07, 6.45) is 1.00. The number of thioether (sulfide) groups is 1. The molecule has 0 bridgehead atoms. The summed E-state index contributed by atoms with van der Waals surface area (Å²) in [5.74, 6) is -0.499. The highest BCUT2D eigenvalue weighted by Crippen LogP contribution is 2.30. The van der Waals surface area contributed by atoms with Crippen LogP contribution in [0.3, 0.4) is 0 Å². The Morgan fingerprint density at radius 1 is 1.52 bits per heavy atom. The van der Waals surface area contributed by atoms with Crippen LogP contribution in [0.5, 0.6) is 0 Å². The number of rotatable bonds is 6. The van der Waals surface area contributed by atoms with Crippen LogP contribution in [0, 0.1) is 10.1 Å². The monoisotopic (exact) mass is 372 g/mol. The van der Waals surface area contributed by atoms with Gasteiger partial charge in [0, 0.05) is 16.9 Å². The molecule has 122 valence electrons. The van der Waals surface area contributed by atoms with Crippen molar-refractivity contribution in [3.8, 4) is 0 Å². The van der Waals surface area contributed by atoms with Crippen LogP contribution in [0.25, 0.3) is 0 Å². The van der Waals surface area contributed by atoms with Gasteiger partial charge in [0.2, 0.25) is 5.13 Å². The third-order valence-electron chi connectivity index (χ3n) is 2.91. The SMILES string of the molecule is CCC(C)Sc1nnc(NC(=O)c2ccc(Cl)c([N+](=O)[O-])c2)s1. The zero-order valence-electron chi connectivity index (χ0n) is 12.3. The van der Waals surface area contributed by atoms with Crippen molar-refractivity contribution in [2.24, 2.45) is 0 Å². The van der Waals surface area contributed by atoms with E-state index in [1.54, 1.807) is 11.8 Å². The van der Waals surface area contributed by atoms with E-state index < -0.39 is 10.8 Å². The number of hydrogen-bond acceptors (Lipinski definition) is 7. The third-order valence-corrected chi connectivity index (χ3v) is 5.42. The molecule has 0 radical (unpaired) electrons. The second-order valence-electron chi connectivity index (χ2n) is 4.59. The number of anilines is 1. The summed E-state index contributed by atoms with van der Waals surface area (Å²) >= 11 is 8.57. The Morgan fingerprint density at radius 2 is 2.26 bits per heavy atom. The van der Waals surface area contributed by atoms with Gasteiger partial charge >= 0.3 is 0 Å². The molecule has 2 rings (SSSR count). The quantitative estimate of drug-likeness (QED) is 0.352. The van der Waals surface area contributed by atoms with Crippen molar-refractivity contribution in [3.63, 3.8) is 0 Å². The molecular formula is C13H13ClN4O3S2. The van der Waals surface area contributed by atoms with E-state index in [1.165, 1.54) is 23.5 Å². The lowest BCUT2D eigenvalue weighted by molar-refractivity contribution is -0.384. The molecule has 1 N–H and O–H groups in total. The Bertz CT molecular complexity index is 738. The predicted octanol–water partition coefficient (Wildman–Crippen LogP) is 4.24. The number of nitrogens with one attached hydrogen (secondary N) is 1. The molecule has 1 aromatic carbocycles. The number of nitro groups is 1. The lowest BCUT2D eigenvalue weighted by atomic mass is 10.2. The molecule has 1 aromatic heterocycles. The van der Waals surface area contributed by atoms with E-state index >= 15 is 0 Å². The highest BCUT2D eigenvalue weighted by atomic mass is 35.5. The maximum absolute atomic E-state index is 12.1. The second kappa shape index (κ2) is 7.71. The Hall–Kier alpha value is -1.71. The summed E-state index contributed by atoms with van der Waals surface area (Å²) in [6.45, 7) is 4.16. The molecule has 10 heteroatoms. The van der Waals surface area contributed by atoms with Crippen LogP contribution in [0.2, 0.25) is 5.02 Å². The average Bonchev–Trinajstić information content (AvgIpc) is 2.94. The number of carbonyl (C=O) groups is 1. The Labute approximate surface area is 145 Å². The zero-order valence-corrected chi connectivity index (χ0v) is 14.7. The number of benzene rings is 1. The van der Waals surface area contributed by atoms with Crippen molar-refractivity contribution < 1.29 is 9.72 Å². The predicted molar refractivity (Wildman–Crippen MR) is 91.6 cm³/mol. The number of carbonyl (C=O) groups excluding carboxylic acids is 1. The number of halogens is 1. The Morgan fingerprint density at radius 3 is 2.91 bits per heavy atom. The van der Waals surface area contributed by atoms with Gasteiger partial charge in [-0.15, -0.1) is 10.2 Å². The number of nitro benzene ring substituents is 1. The molecule has 0 aliphatic rings. The highest BCUT2D eigenvalue weighted by Gasteiger charge is 2.17. The zero-order chi connectivity index (χ0) is 17.0. The van der Waals surface area contributed by atoms with Gasteiger partial charge in [-0.2, -0.15) is 0 Å². The molecule has 0 aliphatic heterocycles. The lowest BCUT2D eigenvalue weighted by Crippen LogP contribution is -2.12. The van der Waals surface area contributed by atoms with Gasteiger partial charge in [0.05, 0.1) is 4.92 Å². The van der Waals surface area contributed by atoms with Crippen molar-refractivity contribution in [2.45, 2.75) is 29.9 Å². The maximum Gasteiger partial charge on any atom is 0.288 e. The molecule has 1 amide bonds. The van der Waals surface area contributed by atoms with E-state index in [4.69, 9.17) is 11.6 Å². The largest absolute Gasteiger partial charge is 0.296 e. The van der Waals surface area contributed by atoms with Crippen molar-refractivity contribution in [1.82, 2.24) is 10.2 Å². The van der Waals surface area contributed by atoms with E-state index in [9.17, 15) is 14.9 Å². The minimum Gasteiger partial charge on any atom is -0.296 e. The van der Waals surface area contributed by atoms with Gasteiger partial charge < -0.3 is 0 Å². The van der Waals surface area contributed by atoms with Crippen LogP contribution in [-0.2, 0) is 0 Å². The smallest absolute Gasteiger partial charge is 0.288 e. The molecule has 23 heavy (non-hydrogen) atoms. The van der Waals surface area contributed by atoms with Gasteiger partial charge in [-0.1, -0.05) is 48.5 Å². The average molecular weight is 373 g/mol. The van der Waals surface area contributed by atoms with Crippen LogP contribution < -0.4 is 5.32 Å². The van der Waals surface area contributed by atoms with Crippen LogP contribution in [0.15, 0.2) is 22.5 Å². The Balaban J connectivity index is 2.10. The van der Waals surface area contributed by atoms with Crippen LogP contribution in [0.1, 0.15) is 30.6 Å². The highest BCUT2D eigenvalue weighted by molar-refractivity contribution is 8.01. The molecule has 2 aromatic rings.